The van der Waals surface area contributed by atoms with Gasteiger partial charge in [0.2, 0.25) is 11.8 Å². The molecule has 0 saturated carbocycles. The molecule has 2 N–H and O–H groups in total. The van der Waals surface area contributed by atoms with E-state index in [4.69, 9.17) is 9.47 Å². The number of ether oxygens (including phenoxy) is 2. The minimum absolute atomic E-state index is 0.0128. The van der Waals surface area contributed by atoms with Gasteiger partial charge in [0.05, 0.1) is 43.4 Å². The number of carbonyl (C=O) groups is 2. The molecule has 268 valence electrons. The van der Waals surface area contributed by atoms with Gasteiger partial charge in [0.1, 0.15) is 6.04 Å². The number of H-pyrrole nitrogens is 2. The Morgan fingerprint density at radius 2 is 1.15 bits per heavy atom. The number of aromatic nitrogens is 4. The van der Waals surface area contributed by atoms with Gasteiger partial charge >= 0.3 is 0 Å². The highest BCUT2D eigenvalue weighted by Gasteiger charge is 2.38. The third-order valence-corrected chi connectivity index (χ3v) is 9.83. The largest absolute Gasteiger partial charge is 0.349 e. The first-order chi connectivity index (χ1) is 25.9. The third-order valence-electron chi connectivity index (χ3n) is 9.83. The van der Waals surface area contributed by atoms with Crippen LogP contribution in [0.25, 0.3) is 33.6 Å². The maximum atomic E-state index is 13.8. The molecular weight excluding hydrogens is 667 g/mol. The van der Waals surface area contributed by atoms with Crippen molar-refractivity contribution < 1.29 is 19.1 Å². The van der Waals surface area contributed by atoms with E-state index in [1.807, 2.05) is 79.7 Å². The molecule has 0 unspecified atom stereocenters. The van der Waals surface area contributed by atoms with E-state index in [0.717, 1.165) is 44.8 Å². The monoisotopic (exact) mass is 707 g/mol. The molecule has 11 nitrogen and oxygen atoms in total. The van der Waals surface area contributed by atoms with Gasteiger partial charge in [-0.05, 0) is 47.5 Å². The standard InChI is InChI=1S/C42H41N7O4/c1-47(2)37(33-11-7-4-8-12-33)40(51)49-22-24-53-42(49)39-44-27-35(46-39)32-19-15-30(16-20-32)29-13-17-31(18-14-29)34-26-43-38(45-34)41-48(21-23-52-41)36(50)25-28-9-5-3-6-10-28/h3-20,26-27,37,41-42H,21-25H2,1-2H3,(H,43,45)(H,44,46)/t37-,41+,42+/m1/s1. The second-order valence-electron chi connectivity index (χ2n) is 13.5. The quantitative estimate of drug-likeness (QED) is 0.169. The van der Waals surface area contributed by atoms with E-state index in [0.29, 0.717) is 44.4 Å². The molecule has 0 radical (unpaired) electrons. The number of amides is 2. The molecule has 53 heavy (non-hydrogen) atoms. The van der Waals surface area contributed by atoms with Crippen molar-refractivity contribution in [2.24, 2.45) is 0 Å². The molecule has 2 aromatic heterocycles. The van der Waals surface area contributed by atoms with Gasteiger partial charge in [-0.25, -0.2) is 9.97 Å². The molecule has 2 aliphatic heterocycles. The molecule has 2 aliphatic rings. The highest BCUT2D eigenvalue weighted by atomic mass is 16.5. The van der Waals surface area contributed by atoms with Crippen molar-refractivity contribution in [1.82, 2.24) is 34.6 Å². The van der Waals surface area contributed by atoms with Crippen molar-refractivity contribution in [3.05, 3.63) is 144 Å². The fourth-order valence-corrected chi connectivity index (χ4v) is 7.10. The minimum Gasteiger partial charge on any atom is -0.349 e. The van der Waals surface area contributed by atoms with E-state index in [2.05, 4.69) is 68.5 Å². The average Bonchev–Trinajstić information content (AvgIpc) is 4.03. The Hall–Kier alpha value is -5.88. The van der Waals surface area contributed by atoms with Crippen LogP contribution in [0.15, 0.2) is 122 Å². The maximum Gasteiger partial charge on any atom is 0.246 e. The topological polar surface area (TPSA) is 120 Å². The van der Waals surface area contributed by atoms with E-state index in [9.17, 15) is 9.59 Å². The van der Waals surface area contributed by atoms with Crippen LogP contribution in [0.3, 0.4) is 0 Å². The Labute approximate surface area is 308 Å². The third kappa shape index (κ3) is 7.14. The van der Waals surface area contributed by atoms with Gasteiger partial charge in [-0.2, -0.15) is 0 Å². The van der Waals surface area contributed by atoms with Crippen LogP contribution in [0.5, 0.6) is 0 Å². The second kappa shape index (κ2) is 15.0. The number of imidazole rings is 2. The summed E-state index contributed by atoms with van der Waals surface area (Å²) in [5.41, 5.74) is 7.72. The van der Waals surface area contributed by atoms with E-state index in [1.54, 1.807) is 22.2 Å². The van der Waals surface area contributed by atoms with Crippen molar-refractivity contribution in [3.8, 4) is 33.6 Å². The zero-order valence-corrected chi connectivity index (χ0v) is 29.7. The lowest BCUT2D eigenvalue weighted by Crippen LogP contribution is -2.40. The molecule has 2 fully saturated rings. The Bertz CT molecular complexity index is 2160. The van der Waals surface area contributed by atoms with Crippen molar-refractivity contribution in [1.29, 1.82) is 0 Å². The molecule has 6 aromatic rings. The highest BCUT2D eigenvalue weighted by molar-refractivity contribution is 5.84. The van der Waals surface area contributed by atoms with Crippen LogP contribution in [-0.2, 0) is 25.5 Å². The SMILES string of the molecule is CN(C)[C@@H](C(=O)N1CCO[C@H]1c1ncc(-c2ccc(-c3ccc(-c4cnc([C@@H]5OCCN5C(=O)Cc5ccccc5)[nH]4)cc3)cc2)[nH]1)c1ccccc1. The molecule has 2 saturated heterocycles. The molecule has 8 rings (SSSR count). The maximum absolute atomic E-state index is 13.8. The van der Waals surface area contributed by atoms with Gasteiger partial charge in [0, 0.05) is 13.1 Å². The Balaban J connectivity index is 0.921. The van der Waals surface area contributed by atoms with Crippen LogP contribution in [0.4, 0.5) is 0 Å². The van der Waals surface area contributed by atoms with Gasteiger partial charge in [0.15, 0.2) is 24.1 Å². The van der Waals surface area contributed by atoms with Crippen LogP contribution < -0.4 is 0 Å². The number of hydrogen-bond acceptors (Lipinski definition) is 7. The molecule has 4 heterocycles. The molecule has 0 aliphatic carbocycles. The number of hydrogen-bond donors (Lipinski definition) is 2. The number of nitrogens with one attached hydrogen (secondary N) is 2. The highest BCUT2D eigenvalue weighted by Crippen LogP contribution is 2.33. The van der Waals surface area contributed by atoms with Gasteiger partial charge in [-0.3, -0.25) is 14.5 Å². The van der Waals surface area contributed by atoms with Crippen molar-refractivity contribution in [2.75, 3.05) is 40.4 Å². The first-order valence-corrected chi connectivity index (χ1v) is 17.8. The number of carbonyl (C=O) groups excluding carboxylic acids is 2. The lowest BCUT2D eigenvalue weighted by molar-refractivity contribution is -0.142. The average molecular weight is 708 g/mol. The molecule has 0 spiro atoms. The van der Waals surface area contributed by atoms with Gasteiger partial charge < -0.3 is 29.2 Å². The number of aromatic amines is 2. The summed E-state index contributed by atoms with van der Waals surface area (Å²) in [7, 11) is 3.83. The zero-order chi connectivity index (χ0) is 36.3. The normalized spacial score (nSPS) is 17.8. The predicted octanol–water partition coefficient (Wildman–Crippen LogP) is 6.39. The smallest absolute Gasteiger partial charge is 0.246 e. The van der Waals surface area contributed by atoms with Gasteiger partial charge in [-0.1, -0.05) is 109 Å². The Kier molecular flexibility index (Phi) is 9.68. The van der Waals surface area contributed by atoms with Crippen molar-refractivity contribution >= 4 is 11.8 Å². The Morgan fingerprint density at radius 1 is 0.679 bits per heavy atom. The minimum atomic E-state index is -0.585. The summed E-state index contributed by atoms with van der Waals surface area (Å²) in [6.07, 6.45) is 2.78. The predicted molar refractivity (Wildman–Crippen MR) is 201 cm³/mol. The number of rotatable bonds is 10. The fourth-order valence-electron chi connectivity index (χ4n) is 7.10. The molecule has 2 amide bonds. The van der Waals surface area contributed by atoms with E-state index < -0.39 is 18.5 Å². The number of nitrogens with zero attached hydrogens (tertiary/aromatic N) is 5. The molecular formula is C42H41N7O4. The van der Waals surface area contributed by atoms with E-state index >= 15 is 0 Å². The van der Waals surface area contributed by atoms with Gasteiger partial charge in [-0.15, -0.1) is 0 Å². The second-order valence-corrected chi connectivity index (χ2v) is 13.5. The van der Waals surface area contributed by atoms with Crippen LogP contribution >= 0.6 is 0 Å². The van der Waals surface area contributed by atoms with Crippen molar-refractivity contribution in [2.45, 2.75) is 24.9 Å². The fraction of sp³-hybridized carbons (Fsp3) is 0.238. The van der Waals surface area contributed by atoms with E-state index in [-0.39, 0.29) is 11.8 Å². The summed E-state index contributed by atoms with van der Waals surface area (Å²) in [5, 5.41) is 0. The summed E-state index contributed by atoms with van der Waals surface area (Å²) >= 11 is 0. The summed E-state index contributed by atoms with van der Waals surface area (Å²) in [6, 6.07) is 35.7. The summed E-state index contributed by atoms with van der Waals surface area (Å²) < 4.78 is 12.0. The van der Waals surface area contributed by atoms with Crippen LogP contribution in [0.2, 0.25) is 0 Å². The van der Waals surface area contributed by atoms with Crippen LogP contribution in [-0.4, -0.2) is 86.8 Å². The zero-order valence-electron chi connectivity index (χ0n) is 29.7. The molecule has 11 heteroatoms. The van der Waals surface area contributed by atoms with Crippen molar-refractivity contribution in [3.63, 3.8) is 0 Å². The lowest BCUT2D eigenvalue weighted by atomic mass is 10.0. The molecule has 3 atom stereocenters. The summed E-state index contributed by atoms with van der Waals surface area (Å²) in [4.78, 5) is 48.4. The Morgan fingerprint density at radius 3 is 1.68 bits per heavy atom. The molecule has 4 aromatic carbocycles. The van der Waals surface area contributed by atoms with Gasteiger partial charge in [0.25, 0.3) is 0 Å². The first kappa shape index (κ1) is 34.2. The summed E-state index contributed by atoms with van der Waals surface area (Å²) in [6.45, 7) is 1.94. The van der Waals surface area contributed by atoms with Crippen LogP contribution in [0, 0.1) is 0 Å². The molecule has 0 bridgehead atoms. The number of benzene rings is 4. The van der Waals surface area contributed by atoms with Crippen LogP contribution in [0.1, 0.15) is 41.3 Å². The lowest BCUT2D eigenvalue weighted by Gasteiger charge is -2.30. The van der Waals surface area contributed by atoms with E-state index in [1.165, 1.54) is 0 Å². The number of likely N-dealkylation sites (N-methyl/N-ethyl adjacent to an activating group) is 1. The summed E-state index contributed by atoms with van der Waals surface area (Å²) in [5.74, 6) is 1.21. The first-order valence-electron chi connectivity index (χ1n) is 17.8.